The van der Waals surface area contributed by atoms with Gasteiger partial charge in [0, 0.05) is 18.8 Å². The highest BCUT2D eigenvalue weighted by molar-refractivity contribution is 5.56. The van der Waals surface area contributed by atoms with Gasteiger partial charge in [0.2, 0.25) is 0 Å². The Balaban J connectivity index is 2.30. The van der Waals surface area contributed by atoms with Crippen LogP contribution < -0.4 is 4.90 Å². The Morgan fingerprint density at radius 1 is 1.24 bits per heavy atom. The number of nitrogens with zero attached hydrogens (tertiary/aromatic N) is 1. The van der Waals surface area contributed by atoms with Crippen molar-refractivity contribution < 1.29 is 4.74 Å². The number of benzene rings is 1. The van der Waals surface area contributed by atoms with Crippen molar-refractivity contribution in [3.63, 3.8) is 0 Å². The molecule has 0 N–H and O–H groups in total. The molecule has 0 amide bonds. The van der Waals surface area contributed by atoms with Gasteiger partial charge in [-0.05, 0) is 29.5 Å². The molecule has 17 heavy (non-hydrogen) atoms. The predicted molar refractivity (Wildman–Crippen MR) is 72.9 cm³/mol. The van der Waals surface area contributed by atoms with Crippen LogP contribution in [0, 0.1) is 0 Å². The normalized spacial score (nSPS) is 16.6. The first kappa shape index (κ1) is 12.4. The second-order valence-corrected chi connectivity index (χ2v) is 5.00. The molecule has 1 aliphatic rings. The van der Waals surface area contributed by atoms with Crippen LogP contribution in [0.3, 0.4) is 0 Å². The largest absolute Gasteiger partial charge is 0.378 e. The predicted octanol–water partition coefficient (Wildman–Crippen LogP) is 3.21. The fraction of sp³-hybridized carbons (Fsp3) is 0.600. The standard InChI is InChI=1S/C15H23NO/c1-4-13-5-6-14(12(2)3)11-15(13)16-7-9-17-10-8-16/h5-6,11-12H,4,7-10H2,1-3H3. The van der Waals surface area contributed by atoms with Crippen LogP contribution in [0.5, 0.6) is 0 Å². The second kappa shape index (κ2) is 5.54. The van der Waals surface area contributed by atoms with Gasteiger partial charge in [0.1, 0.15) is 0 Å². The van der Waals surface area contributed by atoms with Crippen LogP contribution in [0.15, 0.2) is 18.2 Å². The van der Waals surface area contributed by atoms with E-state index in [1.54, 1.807) is 0 Å². The number of aryl methyl sites for hydroxylation is 1. The first-order valence-corrected chi connectivity index (χ1v) is 6.68. The Morgan fingerprint density at radius 2 is 1.94 bits per heavy atom. The lowest BCUT2D eigenvalue weighted by Gasteiger charge is -2.31. The molecular formula is C15H23NO. The van der Waals surface area contributed by atoms with E-state index in [4.69, 9.17) is 4.74 Å². The van der Waals surface area contributed by atoms with Crippen molar-refractivity contribution in [3.8, 4) is 0 Å². The van der Waals surface area contributed by atoms with Crippen molar-refractivity contribution in [3.05, 3.63) is 29.3 Å². The Morgan fingerprint density at radius 3 is 2.53 bits per heavy atom. The third-order valence-electron chi connectivity index (χ3n) is 3.51. The van der Waals surface area contributed by atoms with E-state index in [9.17, 15) is 0 Å². The third-order valence-corrected chi connectivity index (χ3v) is 3.51. The molecule has 0 radical (unpaired) electrons. The zero-order valence-corrected chi connectivity index (χ0v) is 11.2. The van der Waals surface area contributed by atoms with Crippen LogP contribution in [0.25, 0.3) is 0 Å². The van der Waals surface area contributed by atoms with Gasteiger partial charge in [-0.1, -0.05) is 32.9 Å². The molecule has 1 fully saturated rings. The van der Waals surface area contributed by atoms with Gasteiger partial charge in [-0.25, -0.2) is 0 Å². The van der Waals surface area contributed by atoms with E-state index in [2.05, 4.69) is 43.9 Å². The quantitative estimate of drug-likeness (QED) is 0.795. The maximum absolute atomic E-state index is 5.43. The van der Waals surface area contributed by atoms with Gasteiger partial charge in [-0.3, -0.25) is 0 Å². The molecule has 1 saturated heterocycles. The molecular weight excluding hydrogens is 210 g/mol. The van der Waals surface area contributed by atoms with Crippen LogP contribution in [-0.2, 0) is 11.2 Å². The number of ether oxygens (including phenoxy) is 1. The van der Waals surface area contributed by atoms with Gasteiger partial charge in [0.05, 0.1) is 13.2 Å². The first-order chi connectivity index (χ1) is 8.22. The summed E-state index contributed by atoms with van der Waals surface area (Å²) in [5, 5.41) is 0. The first-order valence-electron chi connectivity index (χ1n) is 6.68. The van der Waals surface area contributed by atoms with E-state index >= 15 is 0 Å². The maximum atomic E-state index is 5.43. The van der Waals surface area contributed by atoms with Gasteiger partial charge in [0.15, 0.2) is 0 Å². The molecule has 94 valence electrons. The molecule has 1 aromatic carbocycles. The monoisotopic (exact) mass is 233 g/mol. The SMILES string of the molecule is CCc1ccc(C(C)C)cc1N1CCOCC1. The molecule has 0 aromatic heterocycles. The van der Waals surface area contributed by atoms with Crippen LogP contribution in [0.1, 0.15) is 37.8 Å². The van der Waals surface area contributed by atoms with E-state index in [-0.39, 0.29) is 0 Å². The Kier molecular flexibility index (Phi) is 4.06. The summed E-state index contributed by atoms with van der Waals surface area (Å²) in [6.07, 6.45) is 1.10. The fourth-order valence-electron chi connectivity index (χ4n) is 2.34. The molecule has 1 heterocycles. The van der Waals surface area contributed by atoms with Crippen LogP contribution in [-0.4, -0.2) is 26.3 Å². The minimum atomic E-state index is 0.598. The molecule has 0 atom stereocenters. The van der Waals surface area contributed by atoms with Gasteiger partial charge in [0.25, 0.3) is 0 Å². The molecule has 1 aliphatic heterocycles. The smallest absolute Gasteiger partial charge is 0.0642 e. The van der Waals surface area contributed by atoms with Crippen molar-refractivity contribution in [1.82, 2.24) is 0 Å². The number of morpholine rings is 1. The van der Waals surface area contributed by atoms with Crippen molar-refractivity contribution >= 4 is 5.69 Å². The zero-order chi connectivity index (χ0) is 12.3. The highest BCUT2D eigenvalue weighted by Crippen LogP contribution is 2.27. The van der Waals surface area contributed by atoms with Crippen molar-refractivity contribution in [1.29, 1.82) is 0 Å². The zero-order valence-electron chi connectivity index (χ0n) is 11.2. The van der Waals surface area contributed by atoms with Gasteiger partial charge in [-0.2, -0.15) is 0 Å². The Labute approximate surface area is 105 Å². The summed E-state index contributed by atoms with van der Waals surface area (Å²) in [6, 6.07) is 6.93. The van der Waals surface area contributed by atoms with Crippen LogP contribution >= 0.6 is 0 Å². The van der Waals surface area contributed by atoms with Crippen molar-refractivity contribution in [2.45, 2.75) is 33.1 Å². The minimum absolute atomic E-state index is 0.598. The molecule has 0 spiro atoms. The van der Waals surface area contributed by atoms with E-state index in [0.29, 0.717) is 5.92 Å². The van der Waals surface area contributed by atoms with E-state index in [1.807, 2.05) is 0 Å². The van der Waals surface area contributed by atoms with Gasteiger partial charge >= 0.3 is 0 Å². The summed E-state index contributed by atoms with van der Waals surface area (Å²) in [6.45, 7) is 10.5. The molecule has 0 bridgehead atoms. The van der Waals surface area contributed by atoms with E-state index < -0.39 is 0 Å². The molecule has 2 heteroatoms. The van der Waals surface area contributed by atoms with Crippen molar-refractivity contribution in [2.24, 2.45) is 0 Å². The lowest BCUT2D eigenvalue weighted by atomic mass is 9.98. The lowest BCUT2D eigenvalue weighted by Crippen LogP contribution is -2.36. The van der Waals surface area contributed by atoms with Crippen LogP contribution in [0.4, 0.5) is 5.69 Å². The number of hydrogen-bond acceptors (Lipinski definition) is 2. The van der Waals surface area contributed by atoms with Crippen LogP contribution in [0.2, 0.25) is 0 Å². The topological polar surface area (TPSA) is 12.5 Å². The third kappa shape index (κ3) is 2.81. The van der Waals surface area contributed by atoms with Gasteiger partial charge < -0.3 is 9.64 Å². The Bertz CT molecular complexity index is 367. The molecule has 2 rings (SSSR count). The lowest BCUT2D eigenvalue weighted by molar-refractivity contribution is 0.122. The number of hydrogen-bond donors (Lipinski definition) is 0. The minimum Gasteiger partial charge on any atom is -0.378 e. The molecule has 0 unspecified atom stereocenters. The second-order valence-electron chi connectivity index (χ2n) is 5.00. The maximum Gasteiger partial charge on any atom is 0.0642 e. The summed E-state index contributed by atoms with van der Waals surface area (Å²) < 4.78 is 5.43. The average Bonchev–Trinajstić information content (AvgIpc) is 2.39. The average molecular weight is 233 g/mol. The summed E-state index contributed by atoms with van der Waals surface area (Å²) in [5.41, 5.74) is 4.31. The Hall–Kier alpha value is -1.02. The molecule has 0 aliphatic carbocycles. The molecule has 2 nitrogen and oxygen atoms in total. The summed E-state index contributed by atoms with van der Waals surface area (Å²) >= 11 is 0. The van der Waals surface area contributed by atoms with E-state index in [0.717, 1.165) is 32.7 Å². The summed E-state index contributed by atoms with van der Waals surface area (Å²) in [5.74, 6) is 0.598. The fourth-order valence-corrected chi connectivity index (χ4v) is 2.34. The summed E-state index contributed by atoms with van der Waals surface area (Å²) in [7, 11) is 0. The highest BCUT2D eigenvalue weighted by Gasteiger charge is 2.15. The summed E-state index contributed by atoms with van der Waals surface area (Å²) in [4.78, 5) is 2.47. The molecule has 0 saturated carbocycles. The number of rotatable bonds is 3. The van der Waals surface area contributed by atoms with Crippen molar-refractivity contribution in [2.75, 3.05) is 31.2 Å². The van der Waals surface area contributed by atoms with Gasteiger partial charge in [-0.15, -0.1) is 0 Å². The number of anilines is 1. The highest BCUT2D eigenvalue weighted by atomic mass is 16.5. The molecule has 1 aromatic rings. The van der Waals surface area contributed by atoms with E-state index in [1.165, 1.54) is 16.8 Å².